The third-order valence-electron chi connectivity index (χ3n) is 3.08. The summed E-state index contributed by atoms with van der Waals surface area (Å²) in [6.45, 7) is 2.83. The molecular formula is C13H18N2O5S. The molecule has 2 N–H and O–H groups in total. The van der Waals surface area contributed by atoms with Gasteiger partial charge in [-0.1, -0.05) is 13.0 Å². The van der Waals surface area contributed by atoms with Crippen molar-refractivity contribution >= 4 is 21.9 Å². The number of rotatable bonds is 6. The summed E-state index contributed by atoms with van der Waals surface area (Å²) in [7, 11) is -2.52. The summed E-state index contributed by atoms with van der Waals surface area (Å²) >= 11 is 0. The number of amides is 1. The molecule has 0 radical (unpaired) electrons. The maximum Gasteiger partial charge on any atom is 0.335 e. The Balaban J connectivity index is 3.33. The van der Waals surface area contributed by atoms with E-state index in [1.54, 1.807) is 6.92 Å². The topological polar surface area (TPSA) is 104 Å². The van der Waals surface area contributed by atoms with Crippen LogP contribution in [0.1, 0.15) is 22.8 Å². The van der Waals surface area contributed by atoms with Gasteiger partial charge in [0.25, 0.3) is 0 Å². The first-order valence-electron chi connectivity index (χ1n) is 6.29. The van der Waals surface area contributed by atoms with Gasteiger partial charge in [0.1, 0.15) is 0 Å². The second kappa shape index (κ2) is 6.68. The Hall–Kier alpha value is -1.93. The van der Waals surface area contributed by atoms with Crippen LogP contribution in [0, 0.1) is 6.92 Å². The molecule has 1 aromatic carbocycles. The van der Waals surface area contributed by atoms with E-state index in [4.69, 9.17) is 5.11 Å². The monoisotopic (exact) mass is 314 g/mol. The summed E-state index contributed by atoms with van der Waals surface area (Å²) in [5.74, 6) is -1.63. The second-order valence-electron chi connectivity index (χ2n) is 4.34. The van der Waals surface area contributed by atoms with E-state index in [2.05, 4.69) is 5.32 Å². The van der Waals surface area contributed by atoms with Gasteiger partial charge in [-0.2, -0.15) is 4.31 Å². The van der Waals surface area contributed by atoms with Gasteiger partial charge in [0, 0.05) is 13.6 Å². The fourth-order valence-electron chi connectivity index (χ4n) is 1.87. The van der Waals surface area contributed by atoms with Crippen LogP contribution < -0.4 is 5.32 Å². The maximum atomic E-state index is 12.6. The van der Waals surface area contributed by atoms with E-state index >= 15 is 0 Å². The number of aromatic carboxylic acids is 1. The van der Waals surface area contributed by atoms with Crippen molar-refractivity contribution in [3.05, 3.63) is 29.3 Å². The van der Waals surface area contributed by atoms with E-state index in [1.807, 2.05) is 0 Å². The normalized spacial score (nSPS) is 11.4. The molecule has 0 aliphatic heterocycles. The Bertz CT molecular complexity index is 655. The lowest BCUT2D eigenvalue weighted by Gasteiger charge is -2.21. The van der Waals surface area contributed by atoms with Crippen LogP contribution in [0.2, 0.25) is 0 Å². The summed E-state index contributed by atoms with van der Waals surface area (Å²) in [4.78, 5) is 22.4. The molecule has 1 rings (SSSR count). The average molecular weight is 314 g/mol. The van der Waals surface area contributed by atoms with Gasteiger partial charge >= 0.3 is 5.97 Å². The van der Waals surface area contributed by atoms with Crippen molar-refractivity contribution < 1.29 is 23.1 Å². The lowest BCUT2D eigenvalue weighted by Crippen LogP contribution is -2.39. The minimum Gasteiger partial charge on any atom is -0.478 e. The molecule has 0 aliphatic rings. The van der Waals surface area contributed by atoms with E-state index in [9.17, 15) is 18.0 Å². The fraction of sp³-hybridized carbons (Fsp3) is 0.385. The minimum absolute atomic E-state index is 0.0768. The summed E-state index contributed by atoms with van der Waals surface area (Å²) in [6, 6.07) is 4.05. The predicted molar refractivity (Wildman–Crippen MR) is 76.6 cm³/mol. The van der Waals surface area contributed by atoms with Gasteiger partial charge in [-0.15, -0.1) is 0 Å². The molecule has 21 heavy (non-hydrogen) atoms. The van der Waals surface area contributed by atoms with Crippen LogP contribution >= 0.6 is 0 Å². The van der Waals surface area contributed by atoms with Crippen molar-refractivity contribution in [3.63, 3.8) is 0 Å². The third kappa shape index (κ3) is 3.59. The zero-order chi connectivity index (χ0) is 16.2. The Kier molecular flexibility index (Phi) is 5.45. The molecule has 1 amide bonds. The van der Waals surface area contributed by atoms with Crippen LogP contribution in [-0.4, -0.2) is 49.8 Å². The molecule has 0 heterocycles. The first-order valence-corrected chi connectivity index (χ1v) is 7.73. The smallest absolute Gasteiger partial charge is 0.335 e. The van der Waals surface area contributed by atoms with E-state index in [1.165, 1.54) is 32.2 Å². The van der Waals surface area contributed by atoms with E-state index in [0.29, 0.717) is 0 Å². The molecule has 0 saturated carbocycles. The number of carbonyl (C=O) groups is 2. The first kappa shape index (κ1) is 17.1. The molecule has 0 aliphatic carbocycles. The van der Waals surface area contributed by atoms with Crippen LogP contribution in [0.3, 0.4) is 0 Å². The molecule has 0 atom stereocenters. The van der Waals surface area contributed by atoms with Crippen LogP contribution in [0.15, 0.2) is 23.1 Å². The number of likely N-dealkylation sites (N-methyl/N-ethyl adjacent to an activating group) is 2. The van der Waals surface area contributed by atoms with Gasteiger partial charge < -0.3 is 10.4 Å². The van der Waals surface area contributed by atoms with Crippen molar-refractivity contribution in [2.45, 2.75) is 18.7 Å². The Labute approximate surface area is 123 Å². The quantitative estimate of drug-likeness (QED) is 0.793. The number of nitrogens with one attached hydrogen (secondary N) is 1. The Morgan fingerprint density at radius 3 is 2.43 bits per heavy atom. The zero-order valence-electron chi connectivity index (χ0n) is 12.1. The second-order valence-corrected chi connectivity index (χ2v) is 6.24. The number of benzene rings is 1. The number of hydrogen-bond donors (Lipinski definition) is 2. The van der Waals surface area contributed by atoms with Gasteiger partial charge in [0.2, 0.25) is 15.9 Å². The summed E-state index contributed by atoms with van der Waals surface area (Å²) in [5.41, 5.74) is 0.0763. The lowest BCUT2D eigenvalue weighted by atomic mass is 10.1. The molecule has 1 aromatic rings. The minimum atomic E-state index is -3.93. The van der Waals surface area contributed by atoms with E-state index < -0.39 is 21.9 Å². The maximum absolute atomic E-state index is 12.6. The highest BCUT2D eigenvalue weighted by Crippen LogP contribution is 2.22. The molecule has 0 fully saturated rings. The highest BCUT2D eigenvalue weighted by Gasteiger charge is 2.28. The standard InChI is InChI=1S/C13H18N2O5S/c1-4-15(8-12(16)14-3)21(19,20)11-7-5-6-10(9(11)2)13(17)18/h5-7H,4,8H2,1-3H3,(H,14,16)(H,17,18). The molecule has 0 saturated heterocycles. The Morgan fingerprint density at radius 1 is 1.33 bits per heavy atom. The van der Waals surface area contributed by atoms with Gasteiger partial charge in [-0.3, -0.25) is 4.79 Å². The Morgan fingerprint density at radius 2 is 1.95 bits per heavy atom. The number of carboxylic acids is 1. The number of nitrogens with zero attached hydrogens (tertiary/aromatic N) is 1. The van der Waals surface area contributed by atoms with Crippen molar-refractivity contribution in [2.24, 2.45) is 0 Å². The van der Waals surface area contributed by atoms with Crippen molar-refractivity contribution in [2.75, 3.05) is 20.1 Å². The van der Waals surface area contributed by atoms with Gasteiger partial charge in [0.05, 0.1) is 17.0 Å². The van der Waals surface area contributed by atoms with Crippen molar-refractivity contribution in [1.29, 1.82) is 0 Å². The average Bonchev–Trinajstić information content (AvgIpc) is 2.43. The molecular weight excluding hydrogens is 296 g/mol. The van der Waals surface area contributed by atoms with Crippen LogP contribution in [-0.2, 0) is 14.8 Å². The van der Waals surface area contributed by atoms with Gasteiger partial charge in [-0.05, 0) is 24.6 Å². The molecule has 0 spiro atoms. The zero-order valence-corrected chi connectivity index (χ0v) is 12.9. The largest absolute Gasteiger partial charge is 0.478 e. The first-order chi connectivity index (χ1) is 9.75. The number of carbonyl (C=O) groups excluding carboxylic acids is 1. The van der Waals surface area contributed by atoms with E-state index in [-0.39, 0.29) is 29.1 Å². The van der Waals surface area contributed by atoms with Crippen molar-refractivity contribution in [1.82, 2.24) is 9.62 Å². The van der Waals surface area contributed by atoms with Crippen molar-refractivity contribution in [3.8, 4) is 0 Å². The fourth-order valence-corrected chi connectivity index (χ4v) is 3.52. The molecule has 0 unspecified atom stereocenters. The number of sulfonamides is 1. The highest BCUT2D eigenvalue weighted by molar-refractivity contribution is 7.89. The molecule has 0 aromatic heterocycles. The molecule has 116 valence electrons. The van der Waals surface area contributed by atoms with Gasteiger partial charge in [-0.25, -0.2) is 13.2 Å². The summed E-state index contributed by atoms with van der Waals surface area (Å²) in [5, 5.41) is 11.4. The van der Waals surface area contributed by atoms with E-state index in [0.717, 1.165) is 4.31 Å². The SMILES string of the molecule is CCN(CC(=O)NC)S(=O)(=O)c1cccc(C(=O)O)c1C. The number of carboxylic acid groups (broad SMARTS) is 1. The number of hydrogen-bond acceptors (Lipinski definition) is 4. The lowest BCUT2D eigenvalue weighted by molar-refractivity contribution is -0.120. The predicted octanol–water partition coefficient (Wildman–Crippen LogP) is 0.450. The molecule has 8 heteroatoms. The molecule has 7 nitrogen and oxygen atoms in total. The highest BCUT2D eigenvalue weighted by atomic mass is 32.2. The van der Waals surface area contributed by atoms with Crippen LogP contribution in [0.25, 0.3) is 0 Å². The van der Waals surface area contributed by atoms with Crippen LogP contribution in [0.4, 0.5) is 0 Å². The third-order valence-corrected chi connectivity index (χ3v) is 5.15. The summed E-state index contributed by atoms with van der Waals surface area (Å²) < 4.78 is 26.1. The van der Waals surface area contributed by atoms with Gasteiger partial charge in [0.15, 0.2) is 0 Å². The van der Waals surface area contributed by atoms with Crippen LogP contribution in [0.5, 0.6) is 0 Å². The summed E-state index contributed by atoms with van der Waals surface area (Å²) in [6.07, 6.45) is 0. The molecule has 0 bridgehead atoms.